The number of rotatable bonds is 4. The summed E-state index contributed by atoms with van der Waals surface area (Å²) in [4.78, 5) is 55.7. The standard InChI is InChI=1S/C23H28N4O5/c1-32-17-7-5-16(6-8-17)27-22(30)18(24-23(27)31)10-21(29)25-11-14-9-15(13-25)19-3-2-4-20(28)26(19)12-14/h5-8,14-15,18-19H,2-4,9-13H2,1H3,(H,24,31)/t14-,15+,18+,19-/m1/s1. The van der Waals surface area contributed by atoms with Crippen molar-refractivity contribution in [2.75, 3.05) is 31.6 Å². The summed E-state index contributed by atoms with van der Waals surface area (Å²) in [6.07, 6.45) is 3.54. The van der Waals surface area contributed by atoms with Crippen LogP contribution in [0.25, 0.3) is 0 Å². The van der Waals surface area contributed by atoms with Crippen LogP contribution < -0.4 is 15.0 Å². The van der Waals surface area contributed by atoms with E-state index in [1.807, 2.05) is 9.80 Å². The molecule has 0 saturated carbocycles. The summed E-state index contributed by atoms with van der Waals surface area (Å²) in [5, 5.41) is 2.66. The van der Waals surface area contributed by atoms with E-state index in [4.69, 9.17) is 4.74 Å². The minimum absolute atomic E-state index is 0.0516. The molecule has 5 amide bonds. The zero-order valence-corrected chi connectivity index (χ0v) is 18.2. The van der Waals surface area contributed by atoms with Gasteiger partial charge in [-0.15, -0.1) is 0 Å². The van der Waals surface area contributed by atoms with Gasteiger partial charge in [0.25, 0.3) is 5.91 Å². The fourth-order valence-corrected chi connectivity index (χ4v) is 5.76. The second-order valence-electron chi connectivity index (χ2n) is 9.24. The number of ether oxygens (including phenoxy) is 1. The van der Waals surface area contributed by atoms with Crippen molar-refractivity contribution in [1.29, 1.82) is 0 Å². The predicted octanol–water partition coefficient (Wildman–Crippen LogP) is 1.37. The molecule has 4 heterocycles. The van der Waals surface area contributed by atoms with Crippen LogP contribution in [0.3, 0.4) is 0 Å². The number of nitrogens with zero attached hydrogens (tertiary/aromatic N) is 3. The van der Waals surface area contributed by atoms with E-state index in [1.54, 1.807) is 31.4 Å². The molecule has 2 bridgehead atoms. The summed E-state index contributed by atoms with van der Waals surface area (Å²) in [6, 6.07) is 5.48. The number of imide groups is 1. The van der Waals surface area contributed by atoms with E-state index < -0.39 is 18.0 Å². The van der Waals surface area contributed by atoms with Crippen molar-refractivity contribution >= 4 is 29.4 Å². The lowest BCUT2D eigenvalue weighted by Crippen LogP contribution is -2.61. The molecule has 32 heavy (non-hydrogen) atoms. The quantitative estimate of drug-likeness (QED) is 0.713. The Labute approximate surface area is 186 Å². The van der Waals surface area contributed by atoms with Crippen LogP contribution in [0.4, 0.5) is 10.5 Å². The molecule has 4 aliphatic rings. The van der Waals surface area contributed by atoms with Crippen molar-refractivity contribution in [2.24, 2.45) is 11.8 Å². The minimum Gasteiger partial charge on any atom is -0.497 e. The van der Waals surface area contributed by atoms with Crippen LogP contribution in [-0.4, -0.2) is 72.4 Å². The molecule has 0 aromatic heterocycles. The highest BCUT2D eigenvalue weighted by Gasteiger charge is 2.46. The zero-order valence-electron chi connectivity index (χ0n) is 18.2. The van der Waals surface area contributed by atoms with E-state index in [0.717, 1.165) is 24.2 Å². The lowest BCUT2D eigenvalue weighted by atomic mass is 9.76. The second kappa shape index (κ2) is 8.11. The van der Waals surface area contributed by atoms with E-state index in [0.29, 0.717) is 43.4 Å². The summed E-state index contributed by atoms with van der Waals surface area (Å²) in [5.74, 6) is 0.899. The molecule has 1 aromatic carbocycles. The predicted molar refractivity (Wildman–Crippen MR) is 115 cm³/mol. The fraction of sp³-hybridized carbons (Fsp3) is 0.565. The Morgan fingerprint density at radius 3 is 2.66 bits per heavy atom. The number of benzene rings is 1. The van der Waals surface area contributed by atoms with Crippen LogP contribution in [0.15, 0.2) is 24.3 Å². The average molecular weight is 441 g/mol. The van der Waals surface area contributed by atoms with Gasteiger partial charge in [-0.3, -0.25) is 14.4 Å². The Balaban J connectivity index is 1.24. The van der Waals surface area contributed by atoms with E-state index in [2.05, 4.69) is 5.32 Å². The van der Waals surface area contributed by atoms with E-state index in [-0.39, 0.29) is 30.2 Å². The third kappa shape index (κ3) is 3.59. The topological polar surface area (TPSA) is 99.3 Å². The van der Waals surface area contributed by atoms with Gasteiger partial charge >= 0.3 is 6.03 Å². The van der Waals surface area contributed by atoms with Gasteiger partial charge in [0.15, 0.2) is 0 Å². The van der Waals surface area contributed by atoms with Gasteiger partial charge in [-0.05, 0) is 55.4 Å². The van der Waals surface area contributed by atoms with Crippen molar-refractivity contribution in [3.63, 3.8) is 0 Å². The molecule has 170 valence electrons. The number of nitrogens with one attached hydrogen (secondary N) is 1. The maximum atomic E-state index is 13.1. The number of hydrogen-bond donors (Lipinski definition) is 1. The summed E-state index contributed by atoms with van der Waals surface area (Å²) in [5.41, 5.74) is 0.442. The van der Waals surface area contributed by atoms with Crippen molar-refractivity contribution in [2.45, 2.75) is 44.2 Å². The average Bonchev–Trinajstić information content (AvgIpc) is 3.07. The SMILES string of the molecule is COc1ccc(N2C(=O)N[C@@H](CC(=O)N3C[C@H]4C[C@@H](C3)[C@H]3CCCC(=O)N3C4)C2=O)cc1. The molecule has 4 atom stereocenters. The normalized spacial score (nSPS) is 29.7. The summed E-state index contributed by atoms with van der Waals surface area (Å²) in [7, 11) is 1.54. The van der Waals surface area contributed by atoms with Gasteiger partial charge < -0.3 is 19.9 Å². The number of hydrogen-bond acceptors (Lipinski definition) is 5. The van der Waals surface area contributed by atoms with Crippen LogP contribution in [0.2, 0.25) is 0 Å². The Morgan fingerprint density at radius 2 is 1.91 bits per heavy atom. The van der Waals surface area contributed by atoms with E-state index in [1.165, 1.54) is 0 Å². The number of urea groups is 1. The number of methoxy groups -OCH3 is 1. The van der Waals surface area contributed by atoms with Gasteiger partial charge in [-0.25, -0.2) is 9.69 Å². The Bertz CT molecular complexity index is 948. The molecule has 0 radical (unpaired) electrons. The highest BCUT2D eigenvalue weighted by atomic mass is 16.5. The summed E-state index contributed by atoms with van der Waals surface area (Å²) >= 11 is 0. The number of anilines is 1. The smallest absolute Gasteiger partial charge is 0.329 e. The van der Waals surface area contributed by atoms with Gasteiger partial charge in [0, 0.05) is 32.1 Å². The number of carbonyl (C=O) groups excluding carboxylic acids is 4. The first-order chi connectivity index (χ1) is 15.4. The Hall–Kier alpha value is -3.10. The first-order valence-electron chi connectivity index (χ1n) is 11.3. The van der Waals surface area contributed by atoms with Gasteiger partial charge in [-0.2, -0.15) is 0 Å². The van der Waals surface area contributed by atoms with E-state index in [9.17, 15) is 19.2 Å². The number of fused-ring (bicyclic) bond motifs is 4. The lowest BCUT2D eigenvalue weighted by Gasteiger charge is -2.52. The molecule has 9 nitrogen and oxygen atoms in total. The van der Waals surface area contributed by atoms with Crippen molar-refractivity contribution < 1.29 is 23.9 Å². The van der Waals surface area contributed by atoms with Crippen LogP contribution in [0.5, 0.6) is 5.75 Å². The Morgan fingerprint density at radius 1 is 1.12 bits per heavy atom. The van der Waals surface area contributed by atoms with Crippen molar-refractivity contribution in [1.82, 2.24) is 15.1 Å². The van der Waals surface area contributed by atoms with Gasteiger partial charge in [0.1, 0.15) is 11.8 Å². The fourth-order valence-electron chi connectivity index (χ4n) is 5.76. The maximum absolute atomic E-state index is 13.1. The number of likely N-dealkylation sites (tertiary alicyclic amines) is 1. The molecule has 1 N–H and O–H groups in total. The molecule has 1 aromatic rings. The molecule has 0 unspecified atom stereocenters. The zero-order chi connectivity index (χ0) is 22.4. The highest BCUT2D eigenvalue weighted by molar-refractivity contribution is 6.22. The van der Waals surface area contributed by atoms with Crippen LogP contribution >= 0.6 is 0 Å². The number of amides is 5. The molecular weight excluding hydrogens is 412 g/mol. The maximum Gasteiger partial charge on any atom is 0.329 e. The number of piperidine rings is 3. The first kappa shape index (κ1) is 20.8. The molecule has 5 rings (SSSR count). The number of carbonyl (C=O) groups is 4. The molecule has 4 fully saturated rings. The highest BCUT2D eigenvalue weighted by Crippen LogP contribution is 2.38. The molecular formula is C23H28N4O5. The monoisotopic (exact) mass is 440 g/mol. The molecule has 0 spiro atoms. The minimum atomic E-state index is -0.869. The molecule has 0 aliphatic carbocycles. The molecule has 4 saturated heterocycles. The Kier molecular flexibility index (Phi) is 5.27. The van der Waals surface area contributed by atoms with Crippen molar-refractivity contribution in [3.05, 3.63) is 24.3 Å². The third-order valence-electron chi connectivity index (χ3n) is 7.26. The van der Waals surface area contributed by atoms with Crippen molar-refractivity contribution in [3.8, 4) is 5.75 Å². The largest absolute Gasteiger partial charge is 0.497 e. The van der Waals surface area contributed by atoms with Crippen LogP contribution in [0, 0.1) is 11.8 Å². The van der Waals surface area contributed by atoms with Crippen LogP contribution in [0.1, 0.15) is 32.1 Å². The van der Waals surface area contributed by atoms with Gasteiger partial charge in [0.2, 0.25) is 11.8 Å². The van der Waals surface area contributed by atoms with Gasteiger partial charge in [-0.1, -0.05) is 0 Å². The van der Waals surface area contributed by atoms with Gasteiger partial charge in [0.05, 0.1) is 19.2 Å². The van der Waals surface area contributed by atoms with Crippen LogP contribution in [-0.2, 0) is 14.4 Å². The third-order valence-corrected chi connectivity index (χ3v) is 7.26. The second-order valence-corrected chi connectivity index (χ2v) is 9.24. The van der Waals surface area contributed by atoms with E-state index >= 15 is 0 Å². The first-order valence-corrected chi connectivity index (χ1v) is 11.3. The lowest BCUT2D eigenvalue weighted by molar-refractivity contribution is -0.149. The molecule has 4 aliphatic heterocycles. The summed E-state index contributed by atoms with van der Waals surface area (Å²) < 4.78 is 5.12. The summed E-state index contributed by atoms with van der Waals surface area (Å²) in [6.45, 7) is 1.93. The molecule has 9 heteroatoms.